The number of aryl methyl sites for hydroxylation is 1. The fourth-order valence-corrected chi connectivity index (χ4v) is 1.94. The number of ether oxygens (including phenoxy) is 1. The van der Waals surface area contributed by atoms with Gasteiger partial charge >= 0.3 is 0 Å². The summed E-state index contributed by atoms with van der Waals surface area (Å²) in [6.45, 7) is 3.21. The van der Waals surface area contributed by atoms with Crippen LogP contribution in [0.3, 0.4) is 0 Å². The van der Waals surface area contributed by atoms with Gasteiger partial charge in [0, 0.05) is 11.9 Å². The van der Waals surface area contributed by atoms with Crippen LogP contribution in [0.15, 0.2) is 42.9 Å². The summed E-state index contributed by atoms with van der Waals surface area (Å²) in [7, 11) is 0. The lowest BCUT2D eigenvalue weighted by Gasteiger charge is -2.07. The van der Waals surface area contributed by atoms with Gasteiger partial charge in [-0.05, 0) is 19.1 Å². The van der Waals surface area contributed by atoms with Gasteiger partial charge in [0.25, 0.3) is 0 Å². The highest BCUT2D eigenvalue weighted by atomic mass is 16.5. The molecule has 5 nitrogen and oxygen atoms in total. The summed E-state index contributed by atoms with van der Waals surface area (Å²) >= 11 is 0. The van der Waals surface area contributed by atoms with E-state index in [-0.39, 0.29) is 0 Å². The summed E-state index contributed by atoms with van der Waals surface area (Å²) in [5.41, 5.74) is 0.964. The third kappa shape index (κ3) is 2.40. The molecule has 96 valence electrons. The first-order chi connectivity index (χ1) is 9.36. The molecule has 0 aliphatic rings. The van der Waals surface area contributed by atoms with Gasteiger partial charge in [0.15, 0.2) is 5.82 Å². The van der Waals surface area contributed by atoms with E-state index in [2.05, 4.69) is 15.1 Å². The minimum atomic E-state index is 0.397. The predicted molar refractivity (Wildman–Crippen MR) is 71.8 cm³/mol. The molecule has 0 spiro atoms. The number of hydrogen-bond donors (Lipinski definition) is 0. The van der Waals surface area contributed by atoms with Crippen molar-refractivity contribution in [3.05, 3.63) is 48.7 Å². The molecule has 5 heteroatoms. The van der Waals surface area contributed by atoms with E-state index in [9.17, 15) is 0 Å². The largest absolute Gasteiger partial charge is 0.484 e. The lowest BCUT2D eigenvalue weighted by molar-refractivity contribution is 0.286. The molecule has 3 rings (SSSR count). The van der Waals surface area contributed by atoms with Gasteiger partial charge in [0.2, 0.25) is 0 Å². The van der Waals surface area contributed by atoms with E-state index in [4.69, 9.17) is 4.74 Å². The summed E-state index contributed by atoms with van der Waals surface area (Å²) in [6, 6.07) is 9.94. The Balaban J connectivity index is 1.78. The minimum Gasteiger partial charge on any atom is -0.484 e. The molecule has 0 N–H and O–H groups in total. The van der Waals surface area contributed by atoms with Crippen molar-refractivity contribution in [2.45, 2.75) is 20.1 Å². The molecule has 0 bridgehead atoms. The first-order valence-electron chi connectivity index (χ1n) is 6.21. The molecule has 0 aliphatic carbocycles. The van der Waals surface area contributed by atoms with Gasteiger partial charge in [-0.2, -0.15) is 5.10 Å². The van der Waals surface area contributed by atoms with Gasteiger partial charge in [-0.1, -0.05) is 18.2 Å². The summed E-state index contributed by atoms with van der Waals surface area (Å²) in [5, 5.41) is 5.17. The van der Waals surface area contributed by atoms with E-state index < -0.39 is 0 Å². The molecular formula is C14H14N4O. The van der Waals surface area contributed by atoms with Gasteiger partial charge in [0.1, 0.15) is 18.7 Å². The highest BCUT2D eigenvalue weighted by Crippen LogP contribution is 2.18. The molecule has 0 aliphatic heterocycles. The maximum atomic E-state index is 5.72. The molecule has 1 aromatic carbocycles. The number of nitrogens with zero attached hydrogens (tertiary/aromatic N) is 4. The van der Waals surface area contributed by atoms with Crippen molar-refractivity contribution >= 4 is 10.9 Å². The Bertz CT molecular complexity index is 692. The highest BCUT2D eigenvalue weighted by Gasteiger charge is 2.04. The van der Waals surface area contributed by atoms with Crippen molar-refractivity contribution in [2.75, 3.05) is 0 Å². The van der Waals surface area contributed by atoms with Gasteiger partial charge in [-0.3, -0.25) is 4.98 Å². The van der Waals surface area contributed by atoms with Crippen molar-refractivity contribution in [2.24, 2.45) is 0 Å². The van der Waals surface area contributed by atoms with Gasteiger partial charge < -0.3 is 4.74 Å². The zero-order chi connectivity index (χ0) is 13.1. The van der Waals surface area contributed by atoms with Gasteiger partial charge in [-0.25, -0.2) is 9.67 Å². The molecular weight excluding hydrogens is 240 g/mol. The quantitative estimate of drug-likeness (QED) is 0.717. The van der Waals surface area contributed by atoms with Crippen LogP contribution in [0.2, 0.25) is 0 Å². The Hall–Kier alpha value is -2.43. The molecule has 0 amide bonds. The minimum absolute atomic E-state index is 0.397. The lowest BCUT2D eigenvalue weighted by atomic mass is 10.2. The van der Waals surface area contributed by atoms with Crippen molar-refractivity contribution in [1.82, 2.24) is 19.7 Å². The molecule has 0 fully saturated rings. The van der Waals surface area contributed by atoms with E-state index >= 15 is 0 Å². The Morgan fingerprint density at radius 1 is 1.21 bits per heavy atom. The second-order valence-electron chi connectivity index (χ2n) is 4.14. The third-order valence-corrected chi connectivity index (χ3v) is 2.93. The molecule has 0 saturated heterocycles. The smallest absolute Gasteiger partial charge is 0.164 e. The monoisotopic (exact) mass is 254 g/mol. The van der Waals surface area contributed by atoms with E-state index in [0.29, 0.717) is 6.61 Å². The maximum absolute atomic E-state index is 5.72. The van der Waals surface area contributed by atoms with Crippen LogP contribution in [0, 0.1) is 0 Å². The molecule has 0 atom stereocenters. The molecule has 2 aromatic heterocycles. The number of para-hydroxylation sites is 1. The van der Waals surface area contributed by atoms with Crippen LogP contribution in [0.25, 0.3) is 10.9 Å². The average molecular weight is 254 g/mol. The summed E-state index contributed by atoms with van der Waals surface area (Å²) in [6.07, 6.45) is 3.27. The first-order valence-corrected chi connectivity index (χ1v) is 6.21. The molecule has 2 heterocycles. The zero-order valence-corrected chi connectivity index (χ0v) is 10.7. The summed E-state index contributed by atoms with van der Waals surface area (Å²) < 4.78 is 7.53. The number of benzene rings is 1. The van der Waals surface area contributed by atoms with Gasteiger partial charge in [0.05, 0.1) is 11.7 Å². The van der Waals surface area contributed by atoms with Crippen molar-refractivity contribution < 1.29 is 4.74 Å². The summed E-state index contributed by atoms with van der Waals surface area (Å²) in [5.74, 6) is 1.56. The lowest BCUT2D eigenvalue weighted by Crippen LogP contribution is -2.07. The van der Waals surface area contributed by atoms with E-state index in [1.54, 1.807) is 12.5 Å². The maximum Gasteiger partial charge on any atom is 0.164 e. The van der Waals surface area contributed by atoms with E-state index in [1.807, 2.05) is 41.9 Å². The van der Waals surface area contributed by atoms with Crippen LogP contribution in [-0.2, 0) is 13.2 Å². The number of aromatic nitrogens is 4. The number of hydrogen-bond acceptors (Lipinski definition) is 4. The molecule has 19 heavy (non-hydrogen) atoms. The molecule has 0 unspecified atom stereocenters. The van der Waals surface area contributed by atoms with Crippen molar-refractivity contribution in [3.8, 4) is 5.75 Å². The molecule has 0 radical (unpaired) electrons. The Morgan fingerprint density at radius 3 is 3.00 bits per heavy atom. The average Bonchev–Trinajstić information content (AvgIpc) is 2.92. The first kappa shape index (κ1) is 11.6. The van der Waals surface area contributed by atoms with Crippen LogP contribution in [0.4, 0.5) is 0 Å². The Morgan fingerprint density at radius 2 is 2.11 bits per heavy atom. The van der Waals surface area contributed by atoms with Crippen LogP contribution in [0.5, 0.6) is 5.75 Å². The van der Waals surface area contributed by atoms with Crippen LogP contribution < -0.4 is 4.74 Å². The van der Waals surface area contributed by atoms with Crippen LogP contribution in [-0.4, -0.2) is 19.7 Å². The van der Waals surface area contributed by atoms with Crippen LogP contribution in [0.1, 0.15) is 12.7 Å². The Kier molecular flexibility index (Phi) is 3.10. The summed E-state index contributed by atoms with van der Waals surface area (Å²) in [4.78, 5) is 8.53. The van der Waals surface area contributed by atoms with Crippen molar-refractivity contribution in [1.29, 1.82) is 0 Å². The predicted octanol–water partition coefficient (Wildman–Crippen LogP) is 2.43. The van der Waals surface area contributed by atoms with E-state index in [1.165, 1.54) is 0 Å². The van der Waals surface area contributed by atoms with E-state index in [0.717, 1.165) is 29.0 Å². The third-order valence-electron chi connectivity index (χ3n) is 2.93. The van der Waals surface area contributed by atoms with Crippen LogP contribution >= 0.6 is 0 Å². The van der Waals surface area contributed by atoms with Crippen molar-refractivity contribution in [3.63, 3.8) is 0 Å². The fraction of sp³-hybridized carbons (Fsp3) is 0.214. The SMILES string of the molecule is CCn1ncnc1COc1cnc2ccccc2c1. The molecule has 0 saturated carbocycles. The second kappa shape index (κ2) is 5.06. The zero-order valence-electron chi connectivity index (χ0n) is 10.7. The normalized spacial score (nSPS) is 10.8. The standard InChI is InChI=1S/C14H14N4O/c1-2-18-14(16-10-17-18)9-19-12-7-11-5-3-4-6-13(11)15-8-12/h3-8,10H,2,9H2,1H3. The number of pyridine rings is 1. The van der Waals surface area contributed by atoms with Gasteiger partial charge in [-0.15, -0.1) is 0 Å². The fourth-order valence-electron chi connectivity index (χ4n) is 1.94. The highest BCUT2D eigenvalue weighted by molar-refractivity contribution is 5.79. The number of rotatable bonds is 4. The Labute approximate surface area is 110 Å². The molecule has 3 aromatic rings. The number of fused-ring (bicyclic) bond motifs is 1. The second-order valence-corrected chi connectivity index (χ2v) is 4.14. The topological polar surface area (TPSA) is 52.8 Å².